The Hall–Kier alpha value is -3.34. The first kappa shape index (κ1) is 20.4. The van der Waals surface area contributed by atoms with Crippen molar-refractivity contribution in [2.24, 2.45) is 0 Å². The van der Waals surface area contributed by atoms with E-state index in [0.717, 1.165) is 33.4 Å². The lowest BCUT2D eigenvalue weighted by Crippen LogP contribution is -2.09. The minimum atomic E-state index is -0.272. The number of anilines is 1. The maximum Gasteiger partial charge on any atom is 0.248 e. The molecular formula is C24H25NO4. The van der Waals surface area contributed by atoms with E-state index >= 15 is 0 Å². The summed E-state index contributed by atoms with van der Waals surface area (Å²) in [6.45, 7) is 9.74. The van der Waals surface area contributed by atoms with Gasteiger partial charge in [-0.2, -0.15) is 0 Å². The number of ketones is 1. The highest BCUT2D eigenvalue weighted by Gasteiger charge is 2.15. The lowest BCUT2D eigenvalue weighted by molar-refractivity contribution is -0.111. The standard InChI is InChI=1S/C24H25NO4/c1-6-28-22-13-23-21(15(3)17(5)29-23)12-20(22)14(2)10-24(27)25-19-9-7-8-18(11-19)16(4)26/h7-13H,6H2,1-5H3,(H,25,27)/b14-10+. The third kappa shape index (κ3) is 4.40. The Morgan fingerprint density at radius 3 is 2.59 bits per heavy atom. The second-order valence-corrected chi connectivity index (χ2v) is 7.01. The van der Waals surface area contributed by atoms with Gasteiger partial charge in [-0.3, -0.25) is 9.59 Å². The van der Waals surface area contributed by atoms with E-state index in [1.807, 2.05) is 39.8 Å². The molecule has 150 valence electrons. The highest BCUT2D eigenvalue weighted by atomic mass is 16.5. The van der Waals surface area contributed by atoms with Crippen molar-refractivity contribution in [2.75, 3.05) is 11.9 Å². The number of amides is 1. The van der Waals surface area contributed by atoms with Gasteiger partial charge in [-0.1, -0.05) is 12.1 Å². The molecule has 0 unspecified atom stereocenters. The molecule has 29 heavy (non-hydrogen) atoms. The van der Waals surface area contributed by atoms with Crippen LogP contribution in [0, 0.1) is 13.8 Å². The molecule has 1 heterocycles. The number of allylic oxidation sites excluding steroid dienone is 1. The average molecular weight is 391 g/mol. The number of hydrogen-bond donors (Lipinski definition) is 1. The number of benzene rings is 2. The van der Waals surface area contributed by atoms with Gasteiger partial charge in [0.2, 0.25) is 5.91 Å². The number of ether oxygens (including phenoxy) is 1. The molecule has 0 saturated carbocycles. The Balaban J connectivity index is 1.93. The van der Waals surface area contributed by atoms with Gasteiger partial charge in [0.25, 0.3) is 0 Å². The van der Waals surface area contributed by atoms with Gasteiger partial charge in [0.15, 0.2) is 5.78 Å². The minimum Gasteiger partial charge on any atom is -0.493 e. The van der Waals surface area contributed by atoms with E-state index in [0.29, 0.717) is 23.6 Å². The van der Waals surface area contributed by atoms with Gasteiger partial charge in [-0.15, -0.1) is 0 Å². The molecule has 1 amide bonds. The Kier molecular flexibility index (Phi) is 5.87. The van der Waals surface area contributed by atoms with Crippen LogP contribution in [0.4, 0.5) is 5.69 Å². The summed E-state index contributed by atoms with van der Waals surface area (Å²) < 4.78 is 11.6. The van der Waals surface area contributed by atoms with Crippen LogP contribution in [0.25, 0.3) is 16.5 Å². The number of fused-ring (bicyclic) bond motifs is 1. The smallest absolute Gasteiger partial charge is 0.248 e. The molecule has 0 aliphatic rings. The third-order valence-electron chi connectivity index (χ3n) is 4.89. The molecule has 0 bridgehead atoms. The Morgan fingerprint density at radius 2 is 1.90 bits per heavy atom. The Labute approximate surface area is 170 Å². The number of rotatable bonds is 6. The summed E-state index contributed by atoms with van der Waals surface area (Å²) in [6, 6.07) is 10.8. The summed E-state index contributed by atoms with van der Waals surface area (Å²) >= 11 is 0. The fourth-order valence-corrected chi connectivity index (χ4v) is 3.22. The lowest BCUT2D eigenvalue weighted by atomic mass is 10.0. The Bertz CT molecular complexity index is 1120. The second kappa shape index (κ2) is 8.35. The number of nitrogens with one attached hydrogen (secondary N) is 1. The van der Waals surface area contributed by atoms with Crippen molar-refractivity contribution >= 4 is 33.9 Å². The first-order chi connectivity index (χ1) is 13.8. The SMILES string of the molecule is CCOc1cc2oc(C)c(C)c2cc1/C(C)=C/C(=O)Nc1cccc(C(C)=O)c1. The number of carbonyl (C=O) groups is 2. The van der Waals surface area contributed by atoms with Crippen molar-refractivity contribution in [1.29, 1.82) is 0 Å². The van der Waals surface area contributed by atoms with E-state index in [4.69, 9.17) is 9.15 Å². The highest BCUT2D eigenvalue weighted by molar-refractivity contribution is 6.05. The zero-order chi connectivity index (χ0) is 21.1. The van der Waals surface area contributed by atoms with Crippen LogP contribution in [0.15, 0.2) is 46.9 Å². The van der Waals surface area contributed by atoms with Crippen LogP contribution >= 0.6 is 0 Å². The summed E-state index contributed by atoms with van der Waals surface area (Å²) in [5.41, 5.74) is 4.59. The van der Waals surface area contributed by atoms with Gasteiger partial charge in [0, 0.05) is 34.3 Å². The minimum absolute atomic E-state index is 0.0479. The van der Waals surface area contributed by atoms with Crippen LogP contribution in [-0.2, 0) is 4.79 Å². The molecule has 5 heteroatoms. The molecule has 0 saturated heterocycles. The summed E-state index contributed by atoms with van der Waals surface area (Å²) in [4.78, 5) is 24.1. The second-order valence-electron chi connectivity index (χ2n) is 7.01. The first-order valence-corrected chi connectivity index (χ1v) is 9.57. The zero-order valence-corrected chi connectivity index (χ0v) is 17.4. The van der Waals surface area contributed by atoms with Crippen LogP contribution < -0.4 is 10.1 Å². The van der Waals surface area contributed by atoms with Crippen molar-refractivity contribution in [3.8, 4) is 5.75 Å². The lowest BCUT2D eigenvalue weighted by Gasteiger charge is -2.11. The molecule has 3 rings (SSSR count). The molecule has 0 atom stereocenters. The molecule has 5 nitrogen and oxygen atoms in total. The van der Waals surface area contributed by atoms with E-state index in [2.05, 4.69) is 5.32 Å². The average Bonchev–Trinajstić information content (AvgIpc) is 2.94. The largest absolute Gasteiger partial charge is 0.493 e. The van der Waals surface area contributed by atoms with E-state index in [1.165, 1.54) is 13.0 Å². The van der Waals surface area contributed by atoms with Crippen LogP contribution in [0.2, 0.25) is 0 Å². The summed E-state index contributed by atoms with van der Waals surface area (Å²) in [5.74, 6) is 1.22. The van der Waals surface area contributed by atoms with E-state index < -0.39 is 0 Å². The van der Waals surface area contributed by atoms with E-state index in [1.54, 1.807) is 24.3 Å². The van der Waals surface area contributed by atoms with Crippen LogP contribution in [0.5, 0.6) is 5.75 Å². The number of furan rings is 1. The molecule has 0 aliphatic carbocycles. The van der Waals surface area contributed by atoms with Crippen molar-refractivity contribution in [1.82, 2.24) is 0 Å². The molecule has 1 N–H and O–H groups in total. The maximum atomic E-state index is 12.5. The van der Waals surface area contributed by atoms with Crippen molar-refractivity contribution < 1.29 is 18.7 Å². The monoisotopic (exact) mass is 391 g/mol. The van der Waals surface area contributed by atoms with Gasteiger partial charge in [-0.25, -0.2) is 0 Å². The van der Waals surface area contributed by atoms with Crippen molar-refractivity contribution in [3.63, 3.8) is 0 Å². The van der Waals surface area contributed by atoms with E-state index in [-0.39, 0.29) is 11.7 Å². The molecule has 2 aromatic carbocycles. The fourth-order valence-electron chi connectivity index (χ4n) is 3.22. The molecule has 0 fully saturated rings. The maximum absolute atomic E-state index is 12.5. The molecule has 3 aromatic rings. The number of carbonyl (C=O) groups excluding carboxylic acids is 2. The normalized spacial score (nSPS) is 11.6. The van der Waals surface area contributed by atoms with Gasteiger partial charge >= 0.3 is 0 Å². The van der Waals surface area contributed by atoms with Crippen LogP contribution in [0.1, 0.15) is 48.0 Å². The van der Waals surface area contributed by atoms with Gasteiger partial charge in [0.05, 0.1) is 6.61 Å². The fraction of sp³-hybridized carbons (Fsp3) is 0.250. The zero-order valence-electron chi connectivity index (χ0n) is 17.4. The predicted octanol–water partition coefficient (Wildman–Crippen LogP) is 5.69. The summed E-state index contributed by atoms with van der Waals surface area (Å²) in [6.07, 6.45) is 1.53. The highest BCUT2D eigenvalue weighted by Crippen LogP contribution is 2.35. The summed E-state index contributed by atoms with van der Waals surface area (Å²) in [5, 5.41) is 3.82. The molecule has 0 spiro atoms. The van der Waals surface area contributed by atoms with Gasteiger partial charge < -0.3 is 14.5 Å². The first-order valence-electron chi connectivity index (χ1n) is 9.57. The molecule has 0 aliphatic heterocycles. The topological polar surface area (TPSA) is 68.5 Å². The van der Waals surface area contributed by atoms with Crippen molar-refractivity contribution in [3.05, 3.63) is 64.9 Å². The quantitative estimate of drug-likeness (QED) is 0.433. The molecular weight excluding hydrogens is 366 g/mol. The predicted molar refractivity (Wildman–Crippen MR) is 116 cm³/mol. The van der Waals surface area contributed by atoms with Crippen molar-refractivity contribution in [2.45, 2.75) is 34.6 Å². The van der Waals surface area contributed by atoms with Crippen LogP contribution in [0.3, 0.4) is 0 Å². The number of hydrogen-bond acceptors (Lipinski definition) is 4. The van der Waals surface area contributed by atoms with Crippen LogP contribution in [-0.4, -0.2) is 18.3 Å². The van der Waals surface area contributed by atoms with E-state index in [9.17, 15) is 9.59 Å². The molecule has 1 aromatic heterocycles. The molecule has 0 radical (unpaired) electrons. The number of aryl methyl sites for hydroxylation is 2. The Morgan fingerprint density at radius 1 is 1.14 bits per heavy atom. The van der Waals surface area contributed by atoms with Gasteiger partial charge in [0.1, 0.15) is 17.1 Å². The third-order valence-corrected chi connectivity index (χ3v) is 4.89. The summed E-state index contributed by atoms with van der Waals surface area (Å²) in [7, 11) is 0. The van der Waals surface area contributed by atoms with Gasteiger partial charge in [-0.05, 0) is 64.0 Å². The number of Topliss-reactive ketones (excluding diaryl/α,β-unsaturated/α-hetero) is 1.